The van der Waals surface area contributed by atoms with Crippen LogP contribution in [0.5, 0.6) is 5.75 Å². The molecule has 0 fully saturated rings. The molecule has 0 aliphatic carbocycles. The Morgan fingerprint density at radius 3 is 2.68 bits per heavy atom. The number of guanidine groups is 1. The van der Waals surface area contributed by atoms with Gasteiger partial charge in [-0.25, -0.2) is 4.99 Å². The van der Waals surface area contributed by atoms with Crippen LogP contribution in [0.4, 0.5) is 5.69 Å². The molecule has 0 saturated carbocycles. The summed E-state index contributed by atoms with van der Waals surface area (Å²) >= 11 is 5.93. The van der Waals surface area contributed by atoms with Crippen LogP contribution in [0.2, 0.25) is 5.02 Å². The summed E-state index contributed by atoms with van der Waals surface area (Å²) in [6, 6.07) is 14.4. The normalized spacial score (nSPS) is 20.9. The Morgan fingerprint density at radius 2 is 2.04 bits per heavy atom. The van der Waals surface area contributed by atoms with E-state index in [9.17, 15) is 5.26 Å². The highest BCUT2D eigenvalue weighted by atomic mass is 35.5. The van der Waals surface area contributed by atoms with Gasteiger partial charge in [0.05, 0.1) is 17.7 Å². The van der Waals surface area contributed by atoms with Crippen molar-refractivity contribution >= 4 is 23.2 Å². The lowest BCUT2D eigenvalue weighted by Gasteiger charge is -2.38. The van der Waals surface area contributed by atoms with Gasteiger partial charge in [0.2, 0.25) is 5.96 Å². The van der Waals surface area contributed by atoms with Gasteiger partial charge in [-0.2, -0.15) is 10.5 Å². The Morgan fingerprint density at radius 1 is 1.29 bits per heavy atom. The van der Waals surface area contributed by atoms with Gasteiger partial charge < -0.3 is 10.1 Å². The number of nitriles is 2. The third-order valence-corrected chi connectivity index (χ3v) is 5.05. The van der Waals surface area contributed by atoms with Crippen molar-refractivity contribution in [1.82, 2.24) is 5.32 Å². The van der Waals surface area contributed by atoms with E-state index in [2.05, 4.69) is 23.6 Å². The van der Waals surface area contributed by atoms with E-state index in [1.165, 1.54) is 0 Å². The number of hydrogen-bond acceptors (Lipinski definition) is 4. The number of benzene rings is 2. The van der Waals surface area contributed by atoms with E-state index in [0.29, 0.717) is 28.7 Å². The van der Waals surface area contributed by atoms with Crippen LogP contribution >= 0.6 is 11.6 Å². The molecular weight excluding hydrogens is 374 g/mol. The Hall–Kier alpha value is -3.22. The molecule has 2 atom stereocenters. The number of aliphatic imine (C=N–C) groups is 1. The summed E-state index contributed by atoms with van der Waals surface area (Å²) in [5, 5.41) is 24.7. The lowest BCUT2D eigenvalue weighted by Crippen LogP contribution is -2.38. The Bertz CT molecular complexity index is 974. The fraction of sp³-hybridized carbons (Fsp3) is 0.286. The van der Waals surface area contributed by atoms with Crippen LogP contribution in [0.1, 0.15) is 43.9 Å². The number of rotatable bonds is 3. The summed E-state index contributed by atoms with van der Waals surface area (Å²) in [4.78, 5) is 4.75. The minimum Gasteiger partial charge on any atom is -0.487 e. The number of halogens is 1. The zero-order valence-electron chi connectivity index (χ0n) is 15.7. The van der Waals surface area contributed by atoms with Crippen LogP contribution in [-0.4, -0.2) is 11.6 Å². The molecule has 28 heavy (non-hydrogen) atoms. The van der Waals surface area contributed by atoms with Crippen molar-refractivity contribution in [3.05, 3.63) is 58.6 Å². The molecule has 0 saturated heterocycles. The molecule has 1 aliphatic heterocycles. The second kappa shape index (κ2) is 8.21. The first-order chi connectivity index (χ1) is 13.5. The number of hydrogen-bond donors (Lipinski definition) is 2. The van der Waals surface area contributed by atoms with E-state index >= 15 is 0 Å². The molecule has 0 spiro atoms. The highest BCUT2D eigenvalue weighted by Crippen LogP contribution is 2.43. The second-order valence-corrected chi connectivity index (χ2v) is 7.27. The van der Waals surface area contributed by atoms with Gasteiger partial charge in [-0.15, -0.1) is 0 Å². The summed E-state index contributed by atoms with van der Waals surface area (Å²) in [6.45, 7) is 4.11. The van der Waals surface area contributed by atoms with Crippen LogP contribution in [-0.2, 0) is 0 Å². The molecule has 0 amide bonds. The van der Waals surface area contributed by atoms with E-state index in [4.69, 9.17) is 26.6 Å². The average molecular weight is 394 g/mol. The molecule has 3 rings (SSSR count). The first-order valence-electron chi connectivity index (χ1n) is 8.95. The van der Waals surface area contributed by atoms with Gasteiger partial charge in [0, 0.05) is 22.7 Å². The summed E-state index contributed by atoms with van der Waals surface area (Å²) in [7, 11) is 0. The maximum absolute atomic E-state index is 9.25. The number of fused-ring (bicyclic) bond motifs is 1. The second-order valence-electron chi connectivity index (χ2n) is 6.84. The number of anilines is 1. The van der Waals surface area contributed by atoms with E-state index in [0.717, 1.165) is 17.7 Å². The summed E-state index contributed by atoms with van der Waals surface area (Å²) < 4.78 is 6.17. The fourth-order valence-electron chi connectivity index (χ4n) is 3.10. The minimum absolute atomic E-state index is 0.266. The lowest BCUT2D eigenvalue weighted by atomic mass is 9.86. The number of nitrogens with one attached hydrogen (secondary N) is 2. The lowest BCUT2D eigenvalue weighted by molar-refractivity contribution is 0.0506. The molecule has 2 aromatic carbocycles. The van der Waals surface area contributed by atoms with Crippen molar-refractivity contribution < 1.29 is 4.74 Å². The number of nitrogens with zero attached hydrogens (tertiary/aromatic N) is 3. The fourth-order valence-corrected chi connectivity index (χ4v) is 3.23. The molecule has 2 unspecified atom stereocenters. The third-order valence-electron chi connectivity index (χ3n) is 4.79. The molecule has 6 nitrogen and oxygen atoms in total. The topological polar surface area (TPSA) is 93.2 Å². The summed E-state index contributed by atoms with van der Waals surface area (Å²) in [5.74, 6) is 1.04. The number of ether oxygens (including phenoxy) is 1. The highest BCUT2D eigenvalue weighted by molar-refractivity contribution is 6.30. The first kappa shape index (κ1) is 19.5. The van der Waals surface area contributed by atoms with E-state index in [1.54, 1.807) is 36.4 Å². The van der Waals surface area contributed by atoms with Gasteiger partial charge in [-0.05, 0) is 55.8 Å². The Balaban J connectivity index is 1.99. The molecule has 2 N–H and O–H groups in total. The standard InChI is InChI=1S/C21H20ClN5O/c1-3-21(2)11-18(17-10-14(12-23)4-9-19(17)28-21)27-20(25-13-24)26-16-7-5-15(22)6-8-16/h4-10,18H,3,11H2,1-2H3,(H2,25,26,27). The van der Waals surface area contributed by atoms with Gasteiger partial charge in [0.1, 0.15) is 11.4 Å². The van der Waals surface area contributed by atoms with Crippen LogP contribution in [0.15, 0.2) is 47.5 Å². The predicted octanol–water partition coefficient (Wildman–Crippen LogP) is 4.74. The molecule has 1 heterocycles. The smallest absolute Gasteiger partial charge is 0.209 e. The monoisotopic (exact) mass is 393 g/mol. The van der Waals surface area contributed by atoms with Crippen molar-refractivity contribution in [3.63, 3.8) is 0 Å². The van der Waals surface area contributed by atoms with E-state index in [1.807, 2.05) is 19.2 Å². The largest absolute Gasteiger partial charge is 0.487 e. The molecular formula is C21H20ClN5O. The van der Waals surface area contributed by atoms with Gasteiger partial charge in [-0.3, -0.25) is 5.32 Å². The Kier molecular flexibility index (Phi) is 5.73. The van der Waals surface area contributed by atoms with E-state index < -0.39 is 0 Å². The zero-order valence-corrected chi connectivity index (χ0v) is 16.4. The molecule has 2 aromatic rings. The van der Waals surface area contributed by atoms with Gasteiger partial charge >= 0.3 is 0 Å². The maximum Gasteiger partial charge on any atom is 0.209 e. The SMILES string of the molecule is CCC1(C)CC(N=C(NC#N)Nc2ccc(Cl)cc2)c2cc(C#N)ccc2O1. The van der Waals surface area contributed by atoms with Gasteiger partial charge in [0.25, 0.3) is 0 Å². The third kappa shape index (κ3) is 4.36. The van der Waals surface area contributed by atoms with Gasteiger partial charge in [0.15, 0.2) is 6.19 Å². The first-order valence-corrected chi connectivity index (χ1v) is 9.32. The van der Waals surface area contributed by atoms with Crippen LogP contribution in [0, 0.1) is 22.8 Å². The van der Waals surface area contributed by atoms with E-state index in [-0.39, 0.29) is 11.6 Å². The Labute approximate surface area is 169 Å². The zero-order chi connectivity index (χ0) is 20.1. The minimum atomic E-state index is -0.382. The molecule has 0 bridgehead atoms. The summed E-state index contributed by atoms with van der Waals surface area (Å²) in [5.41, 5.74) is 1.75. The molecule has 7 heteroatoms. The van der Waals surface area contributed by atoms with Crippen molar-refractivity contribution in [3.8, 4) is 18.0 Å². The quantitative estimate of drug-likeness (QED) is 0.340. The van der Waals surface area contributed by atoms with Crippen molar-refractivity contribution in [1.29, 1.82) is 10.5 Å². The predicted molar refractivity (Wildman–Crippen MR) is 109 cm³/mol. The van der Waals surface area contributed by atoms with Crippen molar-refractivity contribution in [2.24, 2.45) is 4.99 Å². The molecule has 0 radical (unpaired) electrons. The highest BCUT2D eigenvalue weighted by Gasteiger charge is 2.36. The van der Waals surface area contributed by atoms with Crippen LogP contribution in [0.25, 0.3) is 0 Å². The molecule has 1 aliphatic rings. The van der Waals surface area contributed by atoms with Crippen LogP contribution < -0.4 is 15.4 Å². The maximum atomic E-state index is 9.25. The van der Waals surface area contributed by atoms with Gasteiger partial charge in [-0.1, -0.05) is 18.5 Å². The molecule has 0 aromatic heterocycles. The average Bonchev–Trinajstić information content (AvgIpc) is 2.69. The van der Waals surface area contributed by atoms with Crippen molar-refractivity contribution in [2.45, 2.75) is 38.3 Å². The summed E-state index contributed by atoms with van der Waals surface area (Å²) in [6.07, 6.45) is 3.36. The van der Waals surface area contributed by atoms with Crippen molar-refractivity contribution in [2.75, 3.05) is 5.32 Å². The molecule has 142 valence electrons. The van der Waals surface area contributed by atoms with Crippen LogP contribution in [0.3, 0.4) is 0 Å².